The summed E-state index contributed by atoms with van der Waals surface area (Å²) in [5, 5.41) is 13.3. The number of hydrogen-bond acceptors (Lipinski definition) is 5. The van der Waals surface area contributed by atoms with Gasteiger partial charge in [-0.3, -0.25) is 19.1 Å². The molecule has 0 saturated carbocycles. The number of rotatable bonds is 4. The lowest BCUT2D eigenvalue weighted by Gasteiger charge is -2.10. The Bertz CT molecular complexity index is 1230. The molecule has 0 radical (unpaired) electrons. The standard InChI is InChI=1S/C22H19N3O3S/c1-13-7-8-14(2)18(9-13)24-20(26)12-25-21(27)19(29-22(25)28)10-15-11-23-17-6-4-3-5-16(15)17/h3-11,27H,12H2,1-2H3,(H,24,26). The van der Waals surface area contributed by atoms with Crippen LogP contribution >= 0.6 is 11.3 Å². The van der Waals surface area contributed by atoms with E-state index in [2.05, 4.69) is 10.3 Å². The van der Waals surface area contributed by atoms with Gasteiger partial charge in [0.1, 0.15) is 6.54 Å². The van der Waals surface area contributed by atoms with Crippen LogP contribution in [-0.2, 0) is 11.3 Å². The smallest absolute Gasteiger partial charge is 0.311 e. The predicted molar refractivity (Wildman–Crippen MR) is 117 cm³/mol. The molecule has 0 spiro atoms. The van der Waals surface area contributed by atoms with Crippen molar-refractivity contribution >= 4 is 46.5 Å². The number of benzene rings is 2. The lowest BCUT2D eigenvalue weighted by molar-refractivity contribution is -0.116. The van der Waals surface area contributed by atoms with Gasteiger partial charge in [0.15, 0.2) is 0 Å². The van der Waals surface area contributed by atoms with Crippen LogP contribution in [0.4, 0.5) is 11.4 Å². The summed E-state index contributed by atoms with van der Waals surface area (Å²) in [5.74, 6) is -0.595. The molecule has 1 aliphatic rings. The molecule has 29 heavy (non-hydrogen) atoms. The van der Waals surface area contributed by atoms with Crippen molar-refractivity contribution in [1.82, 2.24) is 4.57 Å². The van der Waals surface area contributed by atoms with Gasteiger partial charge >= 0.3 is 4.87 Å². The molecule has 1 amide bonds. The van der Waals surface area contributed by atoms with E-state index in [9.17, 15) is 14.7 Å². The monoisotopic (exact) mass is 405 g/mol. The number of aromatic hydroxyl groups is 1. The maximum atomic E-state index is 12.5. The zero-order chi connectivity index (χ0) is 20.5. The number of aromatic nitrogens is 1. The van der Waals surface area contributed by atoms with E-state index in [4.69, 9.17) is 0 Å². The van der Waals surface area contributed by atoms with Crippen LogP contribution in [-0.4, -0.2) is 21.8 Å². The van der Waals surface area contributed by atoms with Crippen LogP contribution in [0.3, 0.4) is 0 Å². The maximum Gasteiger partial charge on any atom is 0.311 e. The van der Waals surface area contributed by atoms with E-state index in [0.29, 0.717) is 10.6 Å². The molecule has 0 saturated heterocycles. The Morgan fingerprint density at radius 3 is 2.86 bits per heavy atom. The summed E-state index contributed by atoms with van der Waals surface area (Å²) in [4.78, 5) is 29.1. The minimum Gasteiger partial charge on any atom is -0.493 e. The first-order valence-electron chi connectivity index (χ1n) is 9.07. The van der Waals surface area contributed by atoms with Gasteiger partial charge in [-0.15, -0.1) is 0 Å². The van der Waals surface area contributed by atoms with Gasteiger partial charge in [-0.2, -0.15) is 0 Å². The average Bonchev–Trinajstić information content (AvgIpc) is 3.21. The topological polar surface area (TPSA) is 83.7 Å². The molecule has 0 fully saturated rings. The third-order valence-electron chi connectivity index (χ3n) is 4.71. The fourth-order valence-corrected chi connectivity index (χ4v) is 3.98. The van der Waals surface area contributed by atoms with E-state index < -0.39 is 4.87 Å². The number of fused-ring (bicyclic) bond motifs is 1. The molecule has 7 heteroatoms. The molecule has 6 nitrogen and oxygen atoms in total. The first kappa shape index (κ1) is 18.9. The van der Waals surface area contributed by atoms with Crippen molar-refractivity contribution in [2.75, 3.05) is 5.32 Å². The molecule has 0 bridgehead atoms. The van der Waals surface area contributed by atoms with Crippen LogP contribution in [0, 0.1) is 13.8 Å². The first-order valence-corrected chi connectivity index (χ1v) is 9.89. The van der Waals surface area contributed by atoms with Crippen LogP contribution in [0.25, 0.3) is 11.6 Å². The fourth-order valence-electron chi connectivity index (χ4n) is 3.15. The number of aryl methyl sites for hydroxylation is 2. The second-order valence-electron chi connectivity index (χ2n) is 6.88. The van der Waals surface area contributed by atoms with E-state index in [0.717, 1.165) is 43.9 Å². The molecule has 3 aromatic rings. The molecule has 0 aliphatic carbocycles. The fraction of sp³-hybridized carbons (Fsp3) is 0.136. The quantitative estimate of drug-likeness (QED) is 0.685. The molecule has 2 N–H and O–H groups in total. The van der Waals surface area contributed by atoms with Gasteiger partial charge in [0.2, 0.25) is 11.8 Å². The third kappa shape index (κ3) is 3.77. The summed E-state index contributed by atoms with van der Waals surface area (Å²) >= 11 is 0.896. The van der Waals surface area contributed by atoms with Crippen molar-refractivity contribution in [1.29, 1.82) is 0 Å². The van der Waals surface area contributed by atoms with Crippen molar-refractivity contribution in [3.63, 3.8) is 0 Å². The van der Waals surface area contributed by atoms with Gasteiger partial charge < -0.3 is 10.4 Å². The Morgan fingerprint density at radius 2 is 2.03 bits per heavy atom. The van der Waals surface area contributed by atoms with E-state index in [1.54, 1.807) is 12.3 Å². The molecular weight excluding hydrogens is 386 g/mol. The molecule has 2 aromatic carbocycles. The van der Waals surface area contributed by atoms with Crippen molar-refractivity contribution in [3.05, 3.63) is 73.7 Å². The number of allylic oxidation sites excluding steroid dienone is 1. The number of hydrogen-bond donors (Lipinski definition) is 2. The Morgan fingerprint density at radius 1 is 1.24 bits per heavy atom. The normalized spacial score (nSPS) is 13.7. The van der Waals surface area contributed by atoms with Crippen LogP contribution < -0.4 is 10.2 Å². The van der Waals surface area contributed by atoms with Gasteiger partial charge in [0.25, 0.3) is 0 Å². The van der Waals surface area contributed by atoms with E-state index in [1.807, 2.05) is 56.3 Å². The largest absolute Gasteiger partial charge is 0.493 e. The number of anilines is 1. The van der Waals surface area contributed by atoms with Crippen LogP contribution in [0.5, 0.6) is 5.88 Å². The molecule has 146 valence electrons. The van der Waals surface area contributed by atoms with Crippen molar-refractivity contribution in [2.24, 2.45) is 4.99 Å². The van der Waals surface area contributed by atoms with Crippen molar-refractivity contribution in [3.8, 4) is 5.88 Å². The average molecular weight is 405 g/mol. The maximum absolute atomic E-state index is 12.5. The SMILES string of the molecule is Cc1ccc(C)c(NC(=O)Cn2c(O)c(C=C3C=Nc4ccccc43)sc2=O)c1. The van der Waals surface area contributed by atoms with Gasteiger partial charge in [-0.05, 0) is 43.2 Å². The second-order valence-corrected chi connectivity index (χ2v) is 7.88. The van der Waals surface area contributed by atoms with Gasteiger partial charge in [-0.25, -0.2) is 0 Å². The van der Waals surface area contributed by atoms with Gasteiger partial charge in [0, 0.05) is 23.0 Å². The Labute approximate surface area is 171 Å². The number of amides is 1. The van der Waals surface area contributed by atoms with Crippen molar-refractivity contribution in [2.45, 2.75) is 20.4 Å². The summed E-state index contributed by atoms with van der Waals surface area (Å²) in [5.41, 5.74) is 5.23. The van der Waals surface area contributed by atoms with E-state index in [-0.39, 0.29) is 18.3 Å². The molecule has 1 aromatic heterocycles. The Kier molecular flexibility index (Phi) is 4.90. The zero-order valence-electron chi connectivity index (χ0n) is 16.0. The van der Waals surface area contributed by atoms with Gasteiger partial charge in [-0.1, -0.05) is 41.7 Å². The van der Waals surface area contributed by atoms with Crippen LogP contribution in [0.2, 0.25) is 0 Å². The summed E-state index contributed by atoms with van der Waals surface area (Å²) in [6.45, 7) is 3.57. The number of aliphatic imine (C=N–C) groups is 1. The minimum atomic E-state index is -0.395. The number of para-hydroxylation sites is 1. The summed E-state index contributed by atoms with van der Waals surface area (Å²) < 4.78 is 1.08. The summed E-state index contributed by atoms with van der Waals surface area (Å²) in [6.07, 6.45) is 3.42. The highest BCUT2D eigenvalue weighted by atomic mass is 32.1. The highest BCUT2D eigenvalue weighted by molar-refractivity contribution is 7.10. The highest BCUT2D eigenvalue weighted by Crippen LogP contribution is 2.34. The van der Waals surface area contributed by atoms with Crippen molar-refractivity contribution < 1.29 is 9.90 Å². The molecule has 4 rings (SSSR count). The summed E-state index contributed by atoms with van der Waals surface area (Å²) in [7, 11) is 0. The molecule has 1 aliphatic heterocycles. The van der Waals surface area contributed by atoms with Gasteiger partial charge in [0.05, 0.1) is 10.6 Å². The third-order valence-corrected chi connectivity index (χ3v) is 5.62. The number of carbonyl (C=O) groups excluding carboxylic acids is 1. The van der Waals surface area contributed by atoms with Crippen LogP contribution in [0.15, 0.2) is 52.3 Å². The summed E-state index contributed by atoms with van der Waals surface area (Å²) in [6, 6.07) is 13.4. The van der Waals surface area contributed by atoms with E-state index in [1.165, 1.54) is 0 Å². The Hall–Kier alpha value is -3.45. The molecule has 0 unspecified atom stereocenters. The highest BCUT2D eigenvalue weighted by Gasteiger charge is 2.18. The number of nitrogens with zero attached hydrogens (tertiary/aromatic N) is 2. The zero-order valence-corrected chi connectivity index (χ0v) is 16.8. The Balaban J connectivity index is 1.58. The van der Waals surface area contributed by atoms with E-state index >= 15 is 0 Å². The molecular formula is C22H19N3O3S. The second kappa shape index (κ2) is 7.52. The molecule has 0 atom stereocenters. The number of nitrogens with one attached hydrogen (secondary N) is 1. The molecule has 2 heterocycles. The predicted octanol–water partition coefficient (Wildman–Crippen LogP) is 4.13. The number of carbonyl (C=O) groups is 1. The lowest BCUT2D eigenvalue weighted by atomic mass is 10.1. The van der Waals surface area contributed by atoms with Crippen LogP contribution in [0.1, 0.15) is 21.6 Å². The number of thiazole rings is 1. The first-order chi connectivity index (χ1) is 13.9. The lowest BCUT2D eigenvalue weighted by Crippen LogP contribution is -2.24. The minimum absolute atomic E-state index is 0.221.